The summed E-state index contributed by atoms with van der Waals surface area (Å²) in [7, 11) is 0. The Hall–Kier alpha value is -0.600. The van der Waals surface area contributed by atoms with Crippen LogP contribution in [0.25, 0.3) is 0 Å². The first-order valence-electron chi connectivity index (χ1n) is 5.31. The van der Waals surface area contributed by atoms with Crippen LogP contribution in [0.1, 0.15) is 25.3 Å². The van der Waals surface area contributed by atoms with Crippen LogP contribution >= 0.6 is 11.6 Å². The zero-order valence-corrected chi connectivity index (χ0v) is 9.73. The van der Waals surface area contributed by atoms with Gasteiger partial charge in [-0.25, -0.2) is 4.39 Å². The number of nitrogens with one attached hydrogen (secondary N) is 1. The average molecular weight is 230 g/mol. The second-order valence-corrected chi connectivity index (χ2v) is 4.22. The van der Waals surface area contributed by atoms with Crippen molar-refractivity contribution >= 4 is 11.6 Å². The van der Waals surface area contributed by atoms with E-state index in [0.717, 1.165) is 24.9 Å². The minimum atomic E-state index is -0.182. The summed E-state index contributed by atoms with van der Waals surface area (Å²) < 4.78 is 12.8. The van der Waals surface area contributed by atoms with Gasteiger partial charge in [0, 0.05) is 11.9 Å². The maximum absolute atomic E-state index is 12.8. The Morgan fingerprint density at radius 1 is 1.47 bits per heavy atom. The van der Waals surface area contributed by atoms with Gasteiger partial charge in [-0.2, -0.15) is 0 Å². The highest BCUT2D eigenvalue weighted by molar-refractivity contribution is 6.20. The lowest BCUT2D eigenvalue weighted by atomic mass is 10.2. The normalized spacial score (nSPS) is 12.7. The Bertz CT molecular complexity index is 291. The van der Waals surface area contributed by atoms with E-state index < -0.39 is 0 Å². The predicted molar refractivity (Wildman–Crippen MR) is 62.7 cm³/mol. The molecule has 1 aromatic carbocycles. The van der Waals surface area contributed by atoms with Crippen LogP contribution in [-0.2, 0) is 6.54 Å². The molecule has 1 atom stereocenters. The van der Waals surface area contributed by atoms with Gasteiger partial charge >= 0.3 is 0 Å². The summed E-state index contributed by atoms with van der Waals surface area (Å²) in [5.41, 5.74) is 0.970. The third-order valence-corrected chi connectivity index (χ3v) is 2.82. The smallest absolute Gasteiger partial charge is 0.123 e. The van der Waals surface area contributed by atoms with E-state index in [9.17, 15) is 4.39 Å². The van der Waals surface area contributed by atoms with Crippen LogP contribution in [-0.4, -0.2) is 11.9 Å². The average Bonchev–Trinajstić information content (AvgIpc) is 2.24. The van der Waals surface area contributed by atoms with E-state index in [4.69, 9.17) is 11.6 Å². The van der Waals surface area contributed by atoms with Crippen LogP contribution in [0.3, 0.4) is 0 Å². The molecule has 84 valence electrons. The molecule has 0 aliphatic rings. The molecule has 3 heteroatoms. The van der Waals surface area contributed by atoms with E-state index in [1.807, 2.05) is 6.07 Å². The van der Waals surface area contributed by atoms with E-state index in [1.165, 1.54) is 6.07 Å². The third-order valence-electron chi connectivity index (χ3n) is 2.30. The number of halogens is 2. The van der Waals surface area contributed by atoms with Crippen molar-refractivity contribution in [3.05, 3.63) is 35.6 Å². The number of benzene rings is 1. The summed E-state index contributed by atoms with van der Waals surface area (Å²) in [5.74, 6) is -0.182. The van der Waals surface area contributed by atoms with E-state index in [2.05, 4.69) is 12.2 Å². The SMILES string of the molecule is CCC(Cl)CCNCc1cccc(F)c1. The molecule has 0 amide bonds. The Labute approximate surface area is 95.6 Å². The molecule has 1 N–H and O–H groups in total. The molecule has 0 saturated heterocycles. The molecule has 0 saturated carbocycles. The molecule has 0 aromatic heterocycles. The fraction of sp³-hybridized carbons (Fsp3) is 0.500. The molecule has 0 bridgehead atoms. The van der Waals surface area contributed by atoms with Crippen LogP contribution in [0.2, 0.25) is 0 Å². The zero-order valence-electron chi connectivity index (χ0n) is 8.97. The van der Waals surface area contributed by atoms with Crippen LogP contribution in [0.15, 0.2) is 24.3 Å². The summed E-state index contributed by atoms with van der Waals surface area (Å²) in [5, 5.41) is 3.48. The quantitative estimate of drug-likeness (QED) is 0.583. The lowest BCUT2D eigenvalue weighted by Gasteiger charge is -2.07. The van der Waals surface area contributed by atoms with Crippen LogP contribution in [0, 0.1) is 5.82 Å². The third kappa shape index (κ3) is 5.14. The Balaban J connectivity index is 2.20. The fourth-order valence-electron chi connectivity index (χ4n) is 1.34. The minimum Gasteiger partial charge on any atom is -0.313 e. The van der Waals surface area contributed by atoms with Crippen molar-refractivity contribution < 1.29 is 4.39 Å². The van der Waals surface area contributed by atoms with Gasteiger partial charge in [-0.15, -0.1) is 11.6 Å². The van der Waals surface area contributed by atoms with Gasteiger partial charge in [-0.3, -0.25) is 0 Å². The maximum Gasteiger partial charge on any atom is 0.123 e. The molecule has 15 heavy (non-hydrogen) atoms. The molecule has 0 fully saturated rings. The molecule has 1 aromatic rings. The molecule has 0 heterocycles. The monoisotopic (exact) mass is 229 g/mol. The van der Waals surface area contributed by atoms with Gasteiger partial charge in [-0.1, -0.05) is 19.1 Å². The second-order valence-electron chi connectivity index (χ2n) is 3.60. The first-order valence-corrected chi connectivity index (χ1v) is 5.75. The summed E-state index contributed by atoms with van der Waals surface area (Å²) >= 11 is 5.97. The molecular weight excluding hydrogens is 213 g/mol. The Morgan fingerprint density at radius 2 is 2.27 bits per heavy atom. The van der Waals surface area contributed by atoms with Crippen molar-refractivity contribution in [2.45, 2.75) is 31.7 Å². The van der Waals surface area contributed by atoms with Gasteiger partial charge in [0.1, 0.15) is 5.82 Å². The standard InChI is InChI=1S/C12H17ClFN/c1-2-11(13)6-7-15-9-10-4-3-5-12(14)8-10/h3-5,8,11,15H,2,6-7,9H2,1H3. The molecular formula is C12H17ClFN. The van der Waals surface area contributed by atoms with Gasteiger partial charge in [0.2, 0.25) is 0 Å². The fourth-order valence-corrected chi connectivity index (χ4v) is 1.45. The lowest BCUT2D eigenvalue weighted by Crippen LogP contribution is -2.17. The van der Waals surface area contributed by atoms with Crippen molar-refractivity contribution in [1.29, 1.82) is 0 Å². The van der Waals surface area contributed by atoms with Gasteiger partial charge in [0.05, 0.1) is 0 Å². The molecule has 0 spiro atoms. The number of hydrogen-bond acceptors (Lipinski definition) is 1. The van der Waals surface area contributed by atoms with E-state index in [-0.39, 0.29) is 11.2 Å². The van der Waals surface area contributed by atoms with Crippen molar-refractivity contribution in [2.24, 2.45) is 0 Å². The first-order chi connectivity index (χ1) is 7.22. The lowest BCUT2D eigenvalue weighted by molar-refractivity contribution is 0.607. The van der Waals surface area contributed by atoms with Gasteiger partial charge in [-0.05, 0) is 37.1 Å². The van der Waals surface area contributed by atoms with Crippen molar-refractivity contribution in [3.8, 4) is 0 Å². The van der Waals surface area contributed by atoms with E-state index in [1.54, 1.807) is 12.1 Å². The Morgan fingerprint density at radius 3 is 2.93 bits per heavy atom. The molecule has 0 radical (unpaired) electrons. The van der Waals surface area contributed by atoms with Crippen LogP contribution < -0.4 is 5.32 Å². The number of alkyl halides is 1. The van der Waals surface area contributed by atoms with Crippen LogP contribution in [0.5, 0.6) is 0 Å². The maximum atomic E-state index is 12.8. The summed E-state index contributed by atoms with van der Waals surface area (Å²) in [6.45, 7) is 3.65. The Kier molecular flexibility index (Phi) is 5.66. The predicted octanol–water partition coefficient (Wildman–Crippen LogP) is 3.32. The number of hydrogen-bond donors (Lipinski definition) is 1. The minimum absolute atomic E-state index is 0.182. The van der Waals surface area contributed by atoms with E-state index in [0.29, 0.717) is 6.54 Å². The highest BCUT2D eigenvalue weighted by atomic mass is 35.5. The summed E-state index contributed by atoms with van der Waals surface area (Å²) in [6, 6.07) is 6.64. The molecule has 1 nitrogen and oxygen atoms in total. The van der Waals surface area contributed by atoms with Gasteiger partial charge < -0.3 is 5.32 Å². The van der Waals surface area contributed by atoms with Crippen LogP contribution in [0.4, 0.5) is 4.39 Å². The molecule has 0 aliphatic heterocycles. The highest BCUT2D eigenvalue weighted by Gasteiger charge is 2.00. The van der Waals surface area contributed by atoms with Gasteiger partial charge in [0.15, 0.2) is 0 Å². The molecule has 1 rings (SSSR count). The summed E-state index contributed by atoms with van der Waals surface area (Å²) in [6.07, 6.45) is 1.94. The van der Waals surface area contributed by atoms with Crippen molar-refractivity contribution in [1.82, 2.24) is 5.32 Å². The highest BCUT2D eigenvalue weighted by Crippen LogP contribution is 2.06. The topological polar surface area (TPSA) is 12.0 Å². The number of rotatable bonds is 6. The van der Waals surface area contributed by atoms with Gasteiger partial charge in [0.25, 0.3) is 0 Å². The molecule has 1 unspecified atom stereocenters. The molecule has 0 aliphatic carbocycles. The largest absolute Gasteiger partial charge is 0.313 e. The summed E-state index contributed by atoms with van der Waals surface area (Å²) in [4.78, 5) is 0. The second kappa shape index (κ2) is 6.81. The zero-order chi connectivity index (χ0) is 11.1. The first kappa shape index (κ1) is 12.5. The van der Waals surface area contributed by atoms with E-state index >= 15 is 0 Å². The van der Waals surface area contributed by atoms with Crippen molar-refractivity contribution in [2.75, 3.05) is 6.54 Å². The van der Waals surface area contributed by atoms with Crippen molar-refractivity contribution in [3.63, 3.8) is 0 Å².